The normalized spacial score (nSPS) is 15.2. The van der Waals surface area contributed by atoms with Gasteiger partial charge in [-0.1, -0.05) is 12.1 Å². The number of hydrogen-bond donors (Lipinski definition) is 3. The number of piperidine rings is 1. The predicted octanol–water partition coefficient (Wildman–Crippen LogP) is 2.16. The molecule has 0 saturated carbocycles. The molecule has 7 nitrogen and oxygen atoms in total. The second kappa shape index (κ2) is 7.13. The molecule has 1 aliphatic rings. The van der Waals surface area contributed by atoms with Crippen LogP contribution in [0, 0.1) is 5.92 Å². The number of phenols is 1. The Labute approximate surface area is 151 Å². The molecule has 0 aliphatic carbocycles. The summed E-state index contributed by atoms with van der Waals surface area (Å²) in [6, 6.07) is 8.87. The number of anilines is 1. The van der Waals surface area contributed by atoms with Gasteiger partial charge in [-0.15, -0.1) is 10.2 Å². The van der Waals surface area contributed by atoms with Gasteiger partial charge in [0.1, 0.15) is 5.75 Å². The van der Waals surface area contributed by atoms with Crippen LogP contribution in [0.2, 0.25) is 0 Å². The average molecular weight is 350 g/mol. The van der Waals surface area contributed by atoms with Crippen LogP contribution in [0.25, 0.3) is 16.9 Å². The fourth-order valence-corrected chi connectivity index (χ4v) is 3.40. The van der Waals surface area contributed by atoms with Crippen molar-refractivity contribution >= 4 is 5.82 Å². The van der Waals surface area contributed by atoms with Crippen LogP contribution < -0.4 is 11.1 Å². The van der Waals surface area contributed by atoms with Gasteiger partial charge in [-0.05, 0) is 56.5 Å². The Kier molecular flexibility index (Phi) is 4.53. The quantitative estimate of drug-likeness (QED) is 0.666. The van der Waals surface area contributed by atoms with Crippen LogP contribution in [0.1, 0.15) is 18.5 Å². The Balaban J connectivity index is 1.61. The Hall–Kier alpha value is -2.93. The highest BCUT2D eigenvalue weighted by molar-refractivity contribution is 5.70. The molecular formula is C19H22N6O. The molecule has 1 aliphatic heterocycles. The zero-order chi connectivity index (χ0) is 17.9. The summed E-state index contributed by atoms with van der Waals surface area (Å²) in [4.78, 5) is 4.54. The van der Waals surface area contributed by atoms with Crippen molar-refractivity contribution in [1.29, 1.82) is 0 Å². The Morgan fingerprint density at radius 1 is 1.19 bits per heavy atom. The van der Waals surface area contributed by atoms with Crippen molar-refractivity contribution in [1.82, 2.24) is 25.1 Å². The molecule has 0 radical (unpaired) electrons. The van der Waals surface area contributed by atoms with Crippen molar-refractivity contribution in [2.24, 2.45) is 5.92 Å². The lowest BCUT2D eigenvalue weighted by Crippen LogP contribution is -2.28. The second-order valence-corrected chi connectivity index (χ2v) is 6.69. The molecule has 3 aromatic rings. The third-order valence-corrected chi connectivity index (χ3v) is 4.85. The lowest BCUT2D eigenvalue weighted by Gasteiger charge is -2.21. The van der Waals surface area contributed by atoms with Gasteiger partial charge in [0.25, 0.3) is 0 Å². The number of rotatable bonds is 4. The number of nitrogen functional groups attached to an aromatic ring is 1. The maximum Gasteiger partial charge on any atom is 0.170 e. The smallest absolute Gasteiger partial charge is 0.170 e. The van der Waals surface area contributed by atoms with Crippen molar-refractivity contribution in [2.75, 3.05) is 18.8 Å². The minimum Gasteiger partial charge on any atom is -0.507 e. The molecule has 1 fully saturated rings. The summed E-state index contributed by atoms with van der Waals surface area (Å²) in [7, 11) is 0. The molecular weight excluding hydrogens is 328 g/mol. The summed E-state index contributed by atoms with van der Waals surface area (Å²) in [5, 5.41) is 21.6. The van der Waals surface area contributed by atoms with Crippen LogP contribution in [-0.4, -0.2) is 37.9 Å². The van der Waals surface area contributed by atoms with E-state index < -0.39 is 0 Å². The molecule has 0 bridgehead atoms. The highest BCUT2D eigenvalue weighted by Crippen LogP contribution is 2.29. The van der Waals surface area contributed by atoms with Gasteiger partial charge < -0.3 is 20.7 Å². The number of para-hydroxylation sites is 1. The van der Waals surface area contributed by atoms with Crippen LogP contribution >= 0.6 is 0 Å². The molecule has 1 aromatic carbocycles. The molecule has 0 spiro atoms. The molecule has 1 saturated heterocycles. The summed E-state index contributed by atoms with van der Waals surface area (Å²) in [5.41, 5.74) is 8.99. The molecule has 26 heavy (non-hydrogen) atoms. The van der Waals surface area contributed by atoms with E-state index in [-0.39, 0.29) is 5.75 Å². The first-order chi connectivity index (χ1) is 12.7. The zero-order valence-corrected chi connectivity index (χ0v) is 14.5. The minimum atomic E-state index is 0.162. The first-order valence-corrected chi connectivity index (χ1v) is 8.86. The van der Waals surface area contributed by atoms with Crippen molar-refractivity contribution < 1.29 is 5.11 Å². The maximum absolute atomic E-state index is 10.1. The van der Waals surface area contributed by atoms with E-state index in [1.807, 2.05) is 22.9 Å². The van der Waals surface area contributed by atoms with Crippen LogP contribution in [0.3, 0.4) is 0 Å². The Morgan fingerprint density at radius 3 is 2.81 bits per heavy atom. The van der Waals surface area contributed by atoms with Crippen molar-refractivity contribution in [3.05, 3.63) is 48.5 Å². The molecule has 0 amide bonds. The van der Waals surface area contributed by atoms with Gasteiger partial charge in [0, 0.05) is 11.8 Å². The van der Waals surface area contributed by atoms with Gasteiger partial charge in [0.15, 0.2) is 5.82 Å². The summed E-state index contributed by atoms with van der Waals surface area (Å²) >= 11 is 0. The molecule has 3 heterocycles. The molecule has 134 valence electrons. The Bertz CT molecular complexity index is 901. The number of nitrogens with zero attached hydrogens (tertiary/aromatic N) is 4. The number of phenolic OH excluding ortho intramolecular Hbond substituents is 1. The molecule has 2 aromatic heterocycles. The topological polar surface area (TPSA) is 102 Å². The van der Waals surface area contributed by atoms with E-state index in [1.54, 1.807) is 24.5 Å². The lowest BCUT2D eigenvalue weighted by molar-refractivity contribution is 0.370. The fourth-order valence-electron chi connectivity index (χ4n) is 3.40. The predicted molar refractivity (Wildman–Crippen MR) is 100.0 cm³/mol. The van der Waals surface area contributed by atoms with E-state index in [9.17, 15) is 5.11 Å². The number of benzene rings is 1. The number of imidazole rings is 1. The van der Waals surface area contributed by atoms with E-state index in [1.165, 1.54) is 12.8 Å². The standard InChI is InChI=1S/C19H22N6O/c20-19-17(10-16(23-24-19)15-3-1-2-4-18(15)26)25-11-14(22-12-25)9-13-5-7-21-8-6-13/h1-4,10-13,21,26H,5-9H2,(H2,20,24). The largest absolute Gasteiger partial charge is 0.507 e. The lowest BCUT2D eigenvalue weighted by atomic mass is 9.93. The third-order valence-electron chi connectivity index (χ3n) is 4.85. The van der Waals surface area contributed by atoms with Crippen LogP contribution in [0.5, 0.6) is 5.75 Å². The van der Waals surface area contributed by atoms with Gasteiger partial charge in [-0.25, -0.2) is 4.98 Å². The SMILES string of the molecule is Nc1nnc(-c2ccccc2O)cc1-n1cnc(CC2CCNCC2)c1. The second-order valence-electron chi connectivity index (χ2n) is 6.69. The highest BCUT2D eigenvalue weighted by Gasteiger charge is 2.16. The number of nitrogens with one attached hydrogen (secondary N) is 1. The van der Waals surface area contributed by atoms with Gasteiger partial charge in [-0.3, -0.25) is 0 Å². The minimum absolute atomic E-state index is 0.162. The van der Waals surface area contributed by atoms with E-state index in [4.69, 9.17) is 5.73 Å². The van der Waals surface area contributed by atoms with Gasteiger partial charge in [0.2, 0.25) is 0 Å². The van der Waals surface area contributed by atoms with Crippen LogP contribution in [0.4, 0.5) is 5.82 Å². The van der Waals surface area contributed by atoms with Gasteiger partial charge >= 0.3 is 0 Å². The van der Waals surface area contributed by atoms with Gasteiger partial charge in [0.05, 0.1) is 23.4 Å². The van der Waals surface area contributed by atoms with Crippen molar-refractivity contribution in [3.63, 3.8) is 0 Å². The summed E-state index contributed by atoms with van der Waals surface area (Å²) in [5.74, 6) is 1.16. The zero-order valence-electron chi connectivity index (χ0n) is 14.5. The molecule has 0 atom stereocenters. The maximum atomic E-state index is 10.1. The molecule has 4 N–H and O–H groups in total. The van der Waals surface area contributed by atoms with E-state index >= 15 is 0 Å². The van der Waals surface area contributed by atoms with Crippen molar-refractivity contribution in [3.8, 4) is 22.7 Å². The van der Waals surface area contributed by atoms with Crippen LogP contribution in [0.15, 0.2) is 42.9 Å². The molecule has 4 rings (SSSR count). The Morgan fingerprint density at radius 2 is 2.00 bits per heavy atom. The van der Waals surface area contributed by atoms with Gasteiger partial charge in [-0.2, -0.15) is 0 Å². The number of nitrogens with two attached hydrogens (primary N) is 1. The summed E-state index contributed by atoms with van der Waals surface area (Å²) in [6.07, 6.45) is 7.11. The van der Waals surface area contributed by atoms with E-state index in [0.717, 1.165) is 25.2 Å². The average Bonchev–Trinajstić information content (AvgIpc) is 3.12. The number of aromatic nitrogens is 4. The van der Waals surface area contributed by atoms with E-state index in [0.29, 0.717) is 28.7 Å². The molecule has 7 heteroatoms. The van der Waals surface area contributed by atoms with Crippen molar-refractivity contribution in [2.45, 2.75) is 19.3 Å². The first kappa shape index (κ1) is 16.5. The first-order valence-electron chi connectivity index (χ1n) is 8.86. The summed E-state index contributed by atoms with van der Waals surface area (Å²) < 4.78 is 1.88. The molecule has 0 unspecified atom stereocenters. The third kappa shape index (κ3) is 3.39. The monoisotopic (exact) mass is 350 g/mol. The number of aromatic hydroxyl groups is 1. The number of hydrogen-bond acceptors (Lipinski definition) is 6. The van der Waals surface area contributed by atoms with Crippen LogP contribution in [-0.2, 0) is 6.42 Å². The summed E-state index contributed by atoms with van der Waals surface area (Å²) in [6.45, 7) is 2.16. The highest BCUT2D eigenvalue weighted by atomic mass is 16.3. The fraction of sp³-hybridized carbons (Fsp3) is 0.316. The van der Waals surface area contributed by atoms with E-state index in [2.05, 4.69) is 20.5 Å².